The molecular formula is C38H50O12. The van der Waals surface area contributed by atoms with Crippen molar-refractivity contribution in [2.45, 2.75) is 130 Å². The highest BCUT2D eigenvalue weighted by Crippen LogP contribution is 2.83. The minimum atomic E-state index is -1.38. The molecule has 1 aliphatic heterocycles. The minimum Gasteiger partial charge on any atom is -0.472 e. The first kappa shape index (κ1) is 36.1. The van der Waals surface area contributed by atoms with Crippen LogP contribution in [0.5, 0.6) is 0 Å². The fourth-order valence-electron chi connectivity index (χ4n) is 11.9. The number of ether oxygens (including phenoxy) is 6. The van der Waals surface area contributed by atoms with Gasteiger partial charge in [-0.15, -0.1) is 0 Å². The number of esters is 5. The predicted octanol–water partition coefficient (Wildman–Crippen LogP) is 5.22. The Morgan fingerprint density at radius 3 is 2.08 bits per heavy atom. The van der Waals surface area contributed by atoms with Gasteiger partial charge in [-0.05, 0) is 57.6 Å². The quantitative estimate of drug-likeness (QED) is 0.159. The van der Waals surface area contributed by atoms with Crippen molar-refractivity contribution in [1.82, 2.24) is 0 Å². The fraction of sp³-hybridized carbons (Fsp3) is 0.711. The SMILES string of the molecule is CC=C(C)C(=O)OC1C(OC(C)=O)C2C3(C)C(OC(C)=O)CC(OC(C)=O)C(C)(C(=O)OC)C3CCC2(C)C23OC2CC(c2ccoc2)C13C. The van der Waals surface area contributed by atoms with Crippen molar-refractivity contribution < 1.29 is 56.8 Å². The van der Waals surface area contributed by atoms with Crippen molar-refractivity contribution in [1.29, 1.82) is 0 Å². The molecule has 0 bridgehead atoms. The smallest absolute Gasteiger partial charge is 0.333 e. The molecule has 1 saturated heterocycles. The van der Waals surface area contributed by atoms with Gasteiger partial charge in [-0.25, -0.2) is 4.79 Å². The van der Waals surface area contributed by atoms with E-state index in [0.717, 1.165) is 5.56 Å². The number of epoxide rings is 1. The van der Waals surface area contributed by atoms with Gasteiger partial charge >= 0.3 is 29.8 Å². The largest absolute Gasteiger partial charge is 0.472 e. The van der Waals surface area contributed by atoms with E-state index in [2.05, 4.69) is 13.8 Å². The molecule has 4 aliphatic carbocycles. The van der Waals surface area contributed by atoms with Gasteiger partial charge in [0, 0.05) is 60.8 Å². The summed E-state index contributed by atoms with van der Waals surface area (Å²) in [6.07, 6.45) is 2.37. The van der Waals surface area contributed by atoms with Gasteiger partial charge in [-0.2, -0.15) is 0 Å². The van der Waals surface area contributed by atoms with E-state index in [0.29, 0.717) is 24.8 Å². The van der Waals surface area contributed by atoms with Gasteiger partial charge in [0.25, 0.3) is 0 Å². The van der Waals surface area contributed by atoms with E-state index in [1.165, 1.54) is 27.9 Å². The first-order valence-electron chi connectivity index (χ1n) is 17.5. The molecule has 2 heterocycles. The third-order valence-corrected chi connectivity index (χ3v) is 13.8. The molecule has 1 aromatic rings. The van der Waals surface area contributed by atoms with Crippen LogP contribution in [0.25, 0.3) is 0 Å². The average Bonchev–Trinajstić information content (AvgIpc) is 3.40. The molecule has 1 aromatic heterocycles. The number of hydrogen-bond donors (Lipinski definition) is 0. The van der Waals surface area contributed by atoms with Crippen LogP contribution in [0.3, 0.4) is 0 Å². The molecule has 5 aliphatic rings. The number of carbonyl (C=O) groups excluding carboxylic acids is 5. The molecule has 0 radical (unpaired) electrons. The van der Waals surface area contributed by atoms with E-state index in [1.807, 2.05) is 13.0 Å². The summed E-state index contributed by atoms with van der Waals surface area (Å²) in [5.41, 5.74) is -3.70. The van der Waals surface area contributed by atoms with Crippen LogP contribution < -0.4 is 0 Å². The maximum absolute atomic E-state index is 14.0. The van der Waals surface area contributed by atoms with Crippen molar-refractivity contribution in [3.05, 3.63) is 35.8 Å². The monoisotopic (exact) mass is 698 g/mol. The van der Waals surface area contributed by atoms with E-state index in [1.54, 1.807) is 39.4 Å². The van der Waals surface area contributed by atoms with Crippen molar-refractivity contribution in [3.63, 3.8) is 0 Å². The molecule has 12 heteroatoms. The Morgan fingerprint density at radius 1 is 0.880 bits per heavy atom. The number of rotatable bonds is 7. The Labute approximate surface area is 292 Å². The van der Waals surface area contributed by atoms with Gasteiger partial charge in [0.2, 0.25) is 0 Å². The molecule has 50 heavy (non-hydrogen) atoms. The molecule has 13 unspecified atom stereocenters. The van der Waals surface area contributed by atoms with Crippen molar-refractivity contribution in [2.24, 2.45) is 33.5 Å². The van der Waals surface area contributed by atoms with Crippen LogP contribution in [0.2, 0.25) is 0 Å². The Morgan fingerprint density at radius 2 is 1.52 bits per heavy atom. The predicted molar refractivity (Wildman–Crippen MR) is 175 cm³/mol. The lowest BCUT2D eigenvalue weighted by Gasteiger charge is -2.71. The summed E-state index contributed by atoms with van der Waals surface area (Å²) in [4.78, 5) is 66.4. The van der Waals surface area contributed by atoms with Crippen molar-refractivity contribution in [3.8, 4) is 0 Å². The molecule has 13 atom stereocenters. The van der Waals surface area contributed by atoms with Gasteiger partial charge in [-0.3, -0.25) is 19.2 Å². The molecule has 4 saturated carbocycles. The summed E-state index contributed by atoms with van der Waals surface area (Å²) in [6, 6.07) is 1.91. The third-order valence-electron chi connectivity index (χ3n) is 13.8. The van der Waals surface area contributed by atoms with Crippen LogP contribution in [0.15, 0.2) is 34.7 Å². The van der Waals surface area contributed by atoms with Gasteiger partial charge < -0.3 is 32.8 Å². The summed E-state index contributed by atoms with van der Waals surface area (Å²) in [5.74, 6) is -4.30. The first-order chi connectivity index (χ1) is 23.4. The van der Waals surface area contributed by atoms with Crippen LogP contribution in [0.1, 0.15) is 99.5 Å². The number of allylic oxidation sites excluding steroid dienone is 1. The molecule has 5 fully saturated rings. The first-order valence-corrected chi connectivity index (χ1v) is 17.5. The molecule has 0 N–H and O–H groups in total. The lowest BCUT2D eigenvalue weighted by atomic mass is 9.34. The maximum Gasteiger partial charge on any atom is 0.333 e. The summed E-state index contributed by atoms with van der Waals surface area (Å²) >= 11 is 0. The Bertz CT molecular complexity index is 1610. The molecular weight excluding hydrogens is 648 g/mol. The summed E-state index contributed by atoms with van der Waals surface area (Å²) in [5, 5.41) is 0. The van der Waals surface area contributed by atoms with Gasteiger partial charge in [0.1, 0.15) is 35.4 Å². The molecule has 6 rings (SSSR count). The van der Waals surface area contributed by atoms with E-state index in [-0.39, 0.29) is 18.4 Å². The average molecular weight is 699 g/mol. The third kappa shape index (κ3) is 4.61. The van der Waals surface area contributed by atoms with E-state index in [9.17, 15) is 24.0 Å². The number of methoxy groups -OCH3 is 1. The maximum atomic E-state index is 14.0. The Balaban J connectivity index is 1.63. The summed E-state index contributed by atoms with van der Waals surface area (Å²) in [7, 11) is 1.30. The second kappa shape index (κ2) is 12.0. The Kier molecular flexibility index (Phi) is 8.64. The highest BCUT2D eigenvalue weighted by molar-refractivity contribution is 5.88. The number of furan rings is 1. The fourth-order valence-corrected chi connectivity index (χ4v) is 11.9. The zero-order valence-electron chi connectivity index (χ0n) is 30.7. The zero-order chi connectivity index (χ0) is 36.8. The van der Waals surface area contributed by atoms with Crippen LogP contribution in [0, 0.1) is 33.5 Å². The van der Waals surface area contributed by atoms with E-state index in [4.69, 9.17) is 32.8 Å². The Hall–Kier alpha value is -3.67. The molecule has 274 valence electrons. The van der Waals surface area contributed by atoms with Crippen LogP contribution in [-0.2, 0) is 52.4 Å². The second-order valence-electron chi connectivity index (χ2n) is 15.9. The molecule has 0 aromatic carbocycles. The van der Waals surface area contributed by atoms with Gasteiger partial charge in [0.15, 0.2) is 0 Å². The lowest BCUT2D eigenvalue weighted by molar-refractivity contribution is -0.309. The van der Waals surface area contributed by atoms with Crippen molar-refractivity contribution >= 4 is 29.8 Å². The van der Waals surface area contributed by atoms with Crippen LogP contribution in [0.4, 0.5) is 0 Å². The highest BCUT2D eigenvalue weighted by Gasteiger charge is 2.91. The topological polar surface area (TPSA) is 157 Å². The van der Waals surface area contributed by atoms with Crippen LogP contribution in [-0.4, -0.2) is 73.1 Å². The van der Waals surface area contributed by atoms with E-state index >= 15 is 0 Å². The van der Waals surface area contributed by atoms with Gasteiger partial charge in [-0.1, -0.05) is 26.8 Å². The van der Waals surface area contributed by atoms with Gasteiger partial charge in [0.05, 0.1) is 25.7 Å². The minimum absolute atomic E-state index is 0.00847. The summed E-state index contributed by atoms with van der Waals surface area (Å²) in [6.45, 7) is 15.2. The standard InChI is InChI=1S/C38H50O12/c1-11-19(2)32(42)49-31-29(48-22(5)41)30-34(6,38-28(50-38)16-24(37(31,38)9)23-13-15-45-18-23)14-12-25-35(30,7)26(46-20(3)39)17-27(47-21(4)40)36(25,8)33(43)44-10/h11,13,15,18,24-31H,12,14,16-17H2,1-10H3. The van der Waals surface area contributed by atoms with Crippen LogP contribution >= 0.6 is 0 Å². The molecule has 12 nitrogen and oxygen atoms in total. The summed E-state index contributed by atoms with van der Waals surface area (Å²) < 4.78 is 42.8. The van der Waals surface area contributed by atoms with E-state index < -0.39 is 93.4 Å². The number of fused-ring (bicyclic) bond motifs is 3. The van der Waals surface area contributed by atoms with Crippen molar-refractivity contribution in [2.75, 3.05) is 7.11 Å². The number of carbonyl (C=O) groups is 5. The highest BCUT2D eigenvalue weighted by atomic mass is 16.6. The number of hydrogen-bond acceptors (Lipinski definition) is 12. The molecule has 0 amide bonds. The normalized spacial score (nSPS) is 44.3. The second-order valence-corrected chi connectivity index (χ2v) is 15.9. The lowest BCUT2D eigenvalue weighted by Crippen LogP contribution is -2.78. The molecule has 1 spiro atoms. The zero-order valence-corrected chi connectivity index (χ0v) is 30.7.